The zero-order chi connectivity index (χ0) is 19.4. The molecule has 2 aromatic rings. The van der Waals surface area contributed by atoms with E-state index in [-0.39, 0.29) is 16.3 Å². The van der Waals surface area contributed by atoms with Crippen molar-refractivity contribution in [3.63, 3.8) is 0 Å². The Balaban J connectivity index is 1.40. The number of amides is 2. The predicted octanol–water partition coefficient (Wildman–Crippen LogP) is 6.47. The SMILES string of the molecule is Cc1ccc(C23CC4CC(CC(Cl)(C4)C2)C3)cc1NC(=O)Nc1ccccc1. The topological polar surface area (TPSA) is 41.1 Å². The van der Waals surface area contributed by atoms with Crippen LogP contribution in [0.1, 0.15) is 49.7 Å². The number of hydrogen-bond acceptors (Lipinski definition) is 1. The molecule has 6 rings (SSSR count). The largest absolute Gasteiger partial charge is 0.323 e. The van der Waals surface area contributed by atoms with E-state index >= 15 is 0 Å². The molecule has 2 unspecified atom stereocenters. The highest BCUT2D eigenvalue weighted by atomic mass is 35.5. The Bertz CT molecular complexity index is 896. The number of benzene rings is 2. The molecule has 2 N–H and O–H groups in total. The van der Waals surface area contributed by atoms with Crippen molar-refractivity contribution in [2.24, 2.45) is 11.8 Å². The Morgan fingerprint density at radius 2 is 1.71 bits per heavy atom. The number of carbonyl (C=O) groups is 1. The lowest BCUT2D eigenvalue weighted by Gasteiger charge is -2.60. The summed E-state index contributed by atoms with van der Waals surface area (Å²) in [6.45, 7) is 2.05. The molecule has 0 aromatic heterocycles. The molecule has 4 heteroatoms. The summed E-state index contributed by atoms with van der Waals surface area (Å²) in [6.07, 6.45) is 7.29. The summed E-state index contributed by atoms with van der Waals surface area (Å²) in [5, 5.41) is 5.96. The molecule has 4 saturated carbocycles. The fourth-order valence-corrected chi connectivity index (χ4v) is 7.07. The Morgan fingerprint density at radius 3 is 2.39 bits per heavy atom. The average molecular weight is 395 g/mol. The van der Waals surface area contributed by atoms with E-state index in [1.54, 1.807) is 0 Å². The highest BCUT2D eigenvalue weighted by molar-refractivity contribution is 6.24. The maximum Gasteiger partial charge on any atom is 0.323 e. The third-order valence-corrected chi connectivity index (χ3v) is 7.56. The third-order valence-electron chi connectivity index (χ3n) is 7.12. The second kappa shape index (κ2) is 6.52. The van der Waals surface area contributed by atoms with Crippen LogP contribution < -0.4 is 10.6 Å². The summed E-state index contributed by atoms with van der Waals surface area (Å²) in [6, 6.07) is 15.9. The zero-order valence-corrected chi connectivity index (χ0v) is 17.1. The van der Waals surface area contributed by atoms with Crippen molar-refractivity contribution < 1.29 is 4.79 Å². The van der Waals surface area contributed by atoms with Crippen LogP contribution >= 0.6 is 11.6 Å². The summed E-state index contributed by atoms with van der Waals surface area (Å²) in [4.78, 5) is 12.5. The molecule has 3 nitrogen and oxygen atoms in total. The van der Waals surface area contributed by atoms with E-state index in [0.717, 1.165) is 35.2 Å². The fourth-order valence-electron chi connectivity index (χ4n) is 6.38. The minimum atomic E-state index is -0.203. The van der Waals surface area contributed by atoms with Gasteiger partial charge in [-0.1, -0.05) is 30.3 Å². The Kier molecular flexibility index (Phi) is 4.20. The van der Waals surface area contributed by atoms with Gasteiger partial charge in [-0.2, -0.15) is 0 Å². The standard InChI is InChI=1S/C24H27ClN2O/c1-16-7-8-19(10-21(16)27-22(28)26-20-5-3-2-4-6-20)23-11-17-9-18(12-23)14-24(25,13-17)15-23/h2-8,10,17-18H,9,11-15H2,1H3,(H2,26,27,28). The summed E-state index contributed by atoms with van der Waals surface area (Å²) >= 11 is 7.04. The van der Waals surface area contributed by atoms with Gasteiger partial charge in [0.25, 0.3) is 0 Å². The van der Waals surface area contributed by atoms with Crippen LogP contribution in [0.15, 0.2) is 48.5 Å². The number of carbonyl (C=O) groups excluding carboxylic acids is 1. The van der Waals surface area contributed by atoms with E-state index in [9.17, 15) is 4.79 Å². The third kappa shape index (κ3) is 3.20. The number of nitrogens with one attached hydrogen (secondary N) is 2. The van der Waals surface area contributed by atoms with Crippen LogP contribution in [-0.2, 0) is 5.41 Å². The van der Waals surface area contributed by atoms with Crippen molar-refractivity contribution in [3.8, 4) is 0 Å². The molecule has 0 heterocycles. The van der Waals surface area contributed by atoms with Gasteiger partial charge in [0.1, 0.15) is 0 Å². The van der Waals surface area contributed by atoms with Gasteiger partial charge in [0.2, 0.25) is 0 Å². The quantitative estimate of drug-likeness (QED) is 0.575. The molecule has 0 spiro atoms. The van der Waals surface area contributed by atoms with Crippen molar-refractivity contribution in [2.75, 3.05) is 10.6 Å². The van der Waals surface area contributed by atoms with Gasteiger partial charge in [-0.15, -0.1) is 11.6 Å². The van der Waals surface area contributed by atoms with Gasteiger partial charge in [0.15, 0.2) is 0 Å². The Morgan fingerprint density at radius 1 is 1.00 bits per heavy atom. The number of para-hydroxylation sites is 1. The number of hydrogen-bond donors (Lipinski definition) is 2. The summed E-state index contributed by atoms with van der Waals surface area (Å²) < 4.78 is 0. The first-order valence-corrected chi connectivity index (χ1v) is 10.7. The number of rotatable bonds is 3. The van der Waals surface area contributed by atoms with Crippen molar-refractivity contribution in [3.05, 3.63) is 59.7 Å². The van der Waals surface area contributed by atoms with Crippen molar-refractivity contribution >= 4 is 29.0 Å². The number of urea groups is 1. The van der Waals surface area contributed by atoms with Gasteiger partial charge in [0, 0.05) is 16.2 Å². The molecule has 0 radical (unpaired) electrons. The first-order valence-electron chi connectivity index (χ1n) is 10.4. The fraction of sp³-hybridized carbons (Fsp3) is 0.458. The Hall–Kier alpha value is -2.00. The van der Waals surface area contributed by atoms with Crippen LogP contribution in [0, 0.1) is 18.8 Å². The molecule has 2 atom stereocenters. The van der Waals surface area contributed by atoms with E-state index in [2.05, 4.69) is 28.8 Å². The second-order valence-corrected chi connectivity index (χ2v) is 10.2. The summed E-state index contributed by atoms with van der Waals surface area (Å²) in [7, 11) is 0. The van der Waals surface area contributed by atoms with Crippen LogP contribution in [0.3, 0.4) is 0 Å². The number of alkyl halides is 1. The molecule has 4 aliphatic carbocycles. The number of aryl methyl sites for hydroxylation is 1. The van der Waals surface area contributed by atoms with E-state index in [1.165, 1.54) is 37.7 Å². The van der Waals surface area contributed by atoms with Crippen molar-refractivity contribution in [1.82, 2.24) is 0 Å². The zero-order valence-electron chi connectivity index (χ0n) is 16.3. The van der Waals surface area contributed by atoms with E-state index in [1.807, 2.05) is 37.3 Å². The van der Waals surface area contributed by atoms with Crippen LogP contribution in [0.2, 0.25) is 0 Å². The molecular formula is C24H27ClN2O. The van der Waals surface area contributed by atoms with Crippen molar-refractivity contribution in [1.29, 1.82) is 0 Å². The molecular weight excluding hydrogens is 368 g/mol. The van der Waals surface area contributed by atoms with Gasteiger partial charge in [0.05, 0.1) is 0 Å². The minimum absolute atomic E-state index is 0.00670. The molecule has 0 saturated heterocycles. The minimum Gasteiger partial charge on any atom is -0.308 e. The van der Waals surface area contributed by atoms with E-state index < -0.39 is 0 Å². The first-order chi connectivity index (χ1) is 13.4. The van der Waals surface area contributed by atoms with E-state index in [4.69, 9.17) is 11.6 Å². The average Bonchev–Trinajstić information content (AvgIpc) is 2.62. The lowest BCUT2D eigenvalue weighted by Crippen LogP contribution is -2.55. The lowest BCUT2D eigenvalue weighted by molar-refractivity contribution is 0.00901. The second-order valence-electron chi connectivity index (χ2n) is 9.37. The molecule has 4 bridgehead atoms. The van der Waals surface area contributed by atoms with Crippen LogP contribution in [0.25, 0.3) is 0 Å². The smallest absolute Gasteiger partial charge is 0.308 e. The van der Waals surface area contributed by atoms with E-state index in [0.29, 0.717) is 0 Å². The van der Waals surface area contributed by atoms with Crippen LogP contribution in [0.5, 0.6) is 0 Å². The highest BCUT2D eigenvalue weighted by Crippen LogP contribution is 2.64. The van der Waals surface area contributed by atoms with Gasteiger partial charge in [-0.05, 0) is 92.0 Å². The molecule has 0 aliphatic heterocycles. The number of halogens is 1. The monoisotopic (exact) mass is 394 g/mol. The van der Waals surface area contributed by atoms with Gasteiger partial charge >= 0.3 is 6.03 Å². The normalized spacial score (nSPS) is 32.9. The highest BCUT2D eigenvalue weighted by Gasteiger charge is 2.57. The van der Waals surface area contributed by atoms with Gasteiger partial charge in [-0.3, -0.25) is 0 Å². The molecule has 4 aliphatic rings. The van der Waals surface area contributed by atoms with Crippen LogP contribution in [-0.4, -0.2) is 10.9 Å². The summed E-state index contributed by atoms with van der Waals surface area (Å²) in [5.74, 6) is 1.52. The molecule has 146 valence electrons. The van der Waals surface area contributed by atoms with Gasteiger partial charge < -0.3 is 10.6 Å². The first kappa shape index (κ1) is 18.1. The Labute approximate surface area is 171 Å². The van der Waals surface area contributed by atoms with Crippen LogP contribution in [0.4, 0.5) is 16.2 Å². The lowest BCUT2D eigenvalue weighted by atomic mass is 9.47. The van der Waals surface area contributed by atoms with Gasteiger partial charge in [-0.25, -0.2) is 4.79 Å². The number of anilines is 2. The van der Waals surface area contributed by atoms with Crippen molar-refractivity contribution in [2.45, 2.75) is 55.7 Å². The molecule has 2 amide bonds. The molecule has 4 fully saturated rings. The maximum atomic E-state index is 12.5. The maximum absolute atomic E-state index is 12.5. The summed E-state index contributed by atoms with van der Waals surface area (Å²) in [5.41, 5.74) is 4.31. The molecule has 28 heavy (non-hydrogen) atoms. The predicted molar refractivity (Wildman–Crippen MR) is 115 cm³/mol. The molecule has 2 aromatic carbocycles.